The topological polar surface area (TPSA) is 81.2 Å². The number of terminal acetylenes is 1. The summed E-state index contributed by atoms with van der Waals surface area (Å²) in [4.78, 5) is 37.3. The molecule has 0 aromatic rings. The molecular formula is C11H17N3O4. The Morgan fingerprint density at radius 1 is 1.17 bits per heavy atom. The number of carbonyl (C=O) groups is 3. The molecule has 0 aliphatic heterocycles. The molecule has 0 unspecified atom stereocenters. The summed E-state index contributed by atoms with van der Waals surface area (Å²) in [6.45, 7) is -0.748. The largest absolute Gasteiger partial charge is 0.480 e. The van der Waals surface area contributed by atoms with Gasteiger partial charge in [0.15, 0.2) is 0 Å². The van der Waals surface area contributed by atoms with Gasteiger partial charge in [-0.25, -0.2) is 4.79 Å². The van der Waals surface area contributed by atoms with Crippen molar-refractivity contribution in [1.29, 1.82) is 0 Å². The van der Waals surface area contributed by atoms with Gasteiger partial charge in [-0.2, -0.15) is 0 Å². The molecule has 0 saturated carbocycles. The third-order valence-electron chi connectivity index (χ3n) is 2.08. The van der Waals surface area contributed by atoms with Crippen LogP contribution in [-0.4, -0.2) is 78.5 Å². The maximum Gasteiger partial charge on any atom is 0.323 e. The van der Waals surface area contributed by atoms with E-state index in [1.165, 1.54) is 11.9 Å². The zero-order chi connectivity index (χ0) is 14.3. The van der Waals surface area contributed by atoms with Crippen LogP contribution in [0.25, 0.3) is 0 Å². The maximum atomic E-state index is 11.8. The number of nitrogens with zero attached hydrogens (tertiary/aromatic N) is 3. The first kappa shape index (κ1) is 15.8. The van der Waals surface area contributed by atoms with Gasteiger partial charge in [-0.1, -0.05) is 5.92 Å². The van der Waals surface area contributed by atoms with Crippen LogP contribution in [0.3, 0.4) is 0 Å². The lowest BCUT2D eigenvalue weighted by atomic mass is 10.4. The number of carbonyl (C=O) groups excluding carboxylic acids is 2. The van der Waals surface area contributed by atoms with E-state index in [-0.39, 0.29) is 19.0 Å². The highest BCUT2D eigenvalue weighted by Gasteiger charge is 2.21. The average Bonchev–Trinajstić information content (AvgIpc) is 2.26. The smallest absolute Gasteiger partial charge is 0.323 e. The molecule has 0 fully saturated rings. The van der Waals surface area contributed by atoms with Gasteiger partial charge in [0.1, 0.15) is 13.1 Å². The number of carboxylic acids is 1. The van der Waals surface area contributed by atoms with E-state index < -0.39 is 18.5 Å². The van der Waals surface area contributed by atoms with E-state index >= 15 is 0 Å². The van der Waals surface area contributed by atoms with Gasteiger partial charge in [-0.15, -0.1) is 6.42 Å². The summed E-state index contributed by atoms with van der Waals surface area (Å²) in [5.74, 6) is 0.781. The molecule has 7 nitrogen and oxygen atoms in total. The van der Waals surface area contributed by atoms with Crippen LogP contribution in [0.4, 0.5) is 4.79 Å². The summed E-state index contributed by atoms with van der Waals surface area (Å²) in [6, 6.07) is -0.592. The molecule has 1 N–H and O–H groups in total. The van der Waals surface area contributed by atoms with Gasteiger partial charge in [0.25, 0.3) is 0 Å². The summed E-state index contributed by atoms with van der Waals surface area (Å²) in [5.41, 5.74) is 0. The number of aliphatic carboxylic acids is 1. The Balaban J connectivity index is 4.61. The monoisotopic (exact) mass is 255 g/mol. The normalized spacial score (nSPS) is 9.22. The first-order valence-electron chi connectivity index (χ1n) is 5.15. The SMILES string of the molecule is C#CCN(CC(=O)O)C(=O)N(C)CC(=O)N(C)C. The number of likely N-dealkylation sites (N-methyl/N-ethyl adjacent to an activating group) is 2. The summed E-state index contributed by atoms with van der Waals surface area (Å²) < 4.78 is 0. The van der Waals surface area contributed by atoms with E-state index in [0.717, 1.165) is 9.80 Å². The minimum atomic E-state index is -1.16. The van der Waals surface area contributed by atoms with E-state index in [1.54, 1.807) is 14.1 Å². The van der Waals surface area contributed by atoms with Gasteiger partial charge in [0, 0.05) is 21.1 Å². The highest BCUT2D eigenvalue weighted by molar-refractivity contribution is 5.85. The van der Waals surface area contributed by atoms with Crippen LogP contribution in [0.15, 0.2) is 0 Å². The lowest BCUT2D eigenvalue weighted by Crippen LogP contribution is -2.47. The Morgan fingerprint density at radius 3 is 2.11 bits per heavy atom. The van der Waals surface area contributed by atoms with E-state index in [2.05, 4.69) is 5.92 Å². The highest BCUT2D eigenvalue weighted by atomic mass is 16.4. The molecule has 0 saturated heterocycles. The molecule has 0 aliphatic rings. The van der Waals surface area contributed by atoms with Crippen molar-refractivity contribution in [1.82, 2.24) is 14.7 Å². The molecule has 0 spiro atoms. The second kappa shape index (κ2) is 7.17. The molecule has 0 atom stereocenters. The summed E-state index contributed by atoms with van der Waals surface area (Å²) in [6.07, 6.45) is 5.06. The average molecular weight is 255 g/mol. The van der Waals surface area contributed by atoms with Crippen LogP contribution in [0, 0.1) is 12.3 Å². The number of hydrogen-bond acceptors (Lipinski definition) is 3. The zero-order valence-electron chi connectivity index (χ0n) is 10.7. The highest BCUT2D eigenvalue weighted by Crippen LogP contribution is 1.97. The molecule has 0 rings (SSSR count). The Morgan fingerprint density at radius 2 is 1.72 bits per heavy atom. The quantitative estimate of drug-likeness (QED) is 0.649. The van der Waals surface area contributed by atoms with E-state index in [9.17, 15) is 14.4 Å². The fourth-order valence-corrected chi connectivity index (χ4v) is 1.12. The third-order valence-corrected chi connectivity index (χ3v) is 2.08. The molecule has 18 heavy (non-hydrogen) atoms. The van der Waals surface area contributed by atoms with Crippen LogP contribution in [0.1, 0.15) is 0 Å². The number of urea groups is 1. The number of carboxylic acid groups (broad SMARTS) is 1. The first-order valence-corrected chi connectivity index (χ1v) is 5.15. The van der Waals surface area contributed by atoms with Gasteiger partial charge < -0.3 is 19.8 Å². The van der Waals surface area contributed by atoms with Gasteiger partial charge in [0.05, 0.1) is 6.54 Å². The van der Waals surface area contributed by atoms with E-state index in [4.69, 9.17) is 11.5 Å². The van der Waals surface area contributed by atoms with Crippen molar-refractivity contribution in [3.8, 4) is 12.3 Å². The summed E-state index contributed by atoms with van der Waals surface area (Å²) >= 11 is 0. The van der Waals surface area contributed by atoms with Crippen molar-refractivity contribution >= 4 is 17.9 Å². The van der Waals surface area contributed by atoms with Crippen molar-refractivity contribution < 1.29 is 19.5 Å². The molecule has 0 aromatic heterocycles. The fraction of sp³-hybridized carbons (Fsp3) is 0.545. The van der Waals surface area contributed by atoms with Crippen LogP contribution in [-0.2, 0) is 9.59 Å². The van der Waals surface area contributed by atoms with Gasteiger partial charge in [-0.3, -0.25) is 9.59 Å². The second-order valence-electron chi connectivity index (χ2n) is 3.88. The predicted molar refractivity (Wildman–Crippen MR) is 64.8 cm³/mol. The molecule has 0 radical (unpaired) electrons. The Kier molecular flexibility index (Phi) is 6.28. The van der Waals surface area contributed by atoms with Gasteiger partial charge in [0.2, 0.25) is 5.91 Å². The van der Waals surface area contributed by atoms with Crippen molar-refractivity contribution in [3.63, 3.8) is 0 Å². The van der Waals surface area contributed by atoms with Gasteiger partial charge >= 0.3 is 12.0 Å². The summed E-state index contributed by atoms with van der Waals surface area (Å²) in [5, 5.41) is 8.66. The second-order valence-corrected chi connectivity index (χ2v) is 3.88. The molecule has 7 heteroatoms. The van der Waals surface area contributed by atoms with Crippen LogP contribution >= 0.6 is 0 Å². The molecule has 0 aromatic carbocycles. The molecule has 0 heterocycles. The van der Waals surface area contributed by atoms with Crippen molar-refractivity contribution in [3.05, 3.63) is 0 Å². The third kappa shape index (κ3) is 5.21. The van der Waals surface area contributed by atoms with Crippen molar-refractivity contribution in [2.75, 3.05) is 40.8 Å². The first-order chi connectivity index (χ1) is 8.29. The Labute approximate surface area is 106 Å². The molecule has 0 bridgehead atoms. The van der Waals surface area contributed by atoms with Gasteiger partial charge in [-0.05, 0) is 0 Å². The molecule has 3 amide bonds. The summed E-state index contributed by atoms with van der Waals surface area (Å²) in [7, 11) is 4.54. The van der Waals surface area contributed by atoms with E-state index in [1.807, 2.05) is 0 Å². The molecule has 100 valence electrons. The number of rotatable bonds is 5. The van der Waals surface area contributed by atoms with E-state index in [0.29, 0.717) is 0 Å². The Bertz CT molecular complexity index is 373. The number of amides is 3. The number of hydrogen-bond donors (Lipinski definition) is 1. The zero-order valence-corrected chi connectivity index (χ0v) is 10.7. The molecular weight excluding hydrogens is 238 g/mol. The lowest BCUT2D eigenvalue weighted by molar-refractivity contribution is -0.137. The molecule has 0 aliphatic carbocycles. The van der Waals surface area contributed by atoms with Crippen molar-refractivity contribution in [2.24, 2.45) is 0 Å². The van der Waals surface area contributed by atoms with Crippen LogP contribution < -0.4 is 0 Å². The van der Waals surface area contributed by atoms with Crippen molar-refractivity contribution in [2.45, 2.75) is 0 Å². The minimum absolute atomic E-state index is 0.119. The maximum absolute atomic E-state index is 11.8. The standard InChI is InChI=1S/C11H17N3O4/c1-5-6-14(8-10(16)17)11(18)13(4)7-9(15)12(2)3/h1H,6-8H2,2-4H3,(H,16,17). The Hall–Kier alpha value is -2.23. The fourth-order valence-electron chi connectivity index (χ4n) is 1.12. The van der Waals surface area contributed by atoms with Crippen LogP contribution in [0.5, 0.6) is 0 Å². The predicted octanol–water partition coefficient (Wildman–Crippen LogP) is -0.854. The lowest BCUT2D eigenvalue weighted by Gasteiger charge is -2.25. The van der Waals surface area contributed by atoms with Crippen LogP contribution in [0.2, 0.25) is 0 Å². The minimum Gasteiger partial charge on any atom is -0.480 e.